The second kappa shape index (κ2) is 6.62. The first-order valence-corrected chi connectivity index (χ1v) is 8.34. The van der Waals surface area contributed by atoms with E-state index < -0.39 is 0 Å². The Morgan fingerprint density at radius 2 is 1.40 bits per heavy atom. The standard InChI is InChI=1S/C18H26O2/c19-20-17-13-7-12-16(14-8-3-1-4-9-14)18(17)15-10-5-2-6-11-15/h7,12-15,19H,1-6,8-11H2. The molecule has 0 aromatic heterocycles. The van der Waals surface area contributed by atoms with Crippen molar-refractivity contribution < 1.29 is 10.1 Å². The Labute approximate surface area is 122 Å². The second-order valence-electron chi connectivity index (χ2n) is 6.52. The van der Waals surface area contributed by atoms with E-state index in [0.29, 0.717) is 17.6 Å². The van der Waals surface area contributed by atoms with Gasteiger partial charge in [0.25, 0.3) is 0 Å². The highest BCUT2D eigenvalue weighted by Gasteiger charge is 2.26. The van der Waals surface area contributed by atoms with Crippen molar-refractivity contribution in [1.82, 2.24) is 0 Å². The van der Waals surface area contributed by atoms with Gasteiger partial charge in [0.15, 0.2) is 5.75 Å². The molecule has 2 saturated carbocycles. The van der Waals surface area contributed by atoms with Crippen LogP contribution in [0.5, 0.6) is 5.75 Å². The third-order valence-electron chi connectivity index (χ3n) is 5.26. The summed E-state index contributed by atoms with van der Waals surface area (Å²) in [6.07, 6.45) is 13.2. The number of hydrogen-bond donors (Lipinski definition) is 1. The predicted molar refractivity (Wildman–Crippen MR) is 81.4 cm³/mol. The first-order valence-electron chi connectivity index (χ1n) is 8.34. The summed E-state index contributed by atoms with van der Waals surface area (Å²) in [5, 5.41) is 9.27. The first-order chi connectivity index (χ1) is 9.90. The fraction of sp³-hybridized carbons (Fsp3) is 0.667. The molecule has 0 amide bonds. The van der Waals surface area contributed by atoms with E-state index in [2.05, 4.69) is 6.07 Å². The molecule has 0 atom stereocenters. The van der Waals surface area contributed by atoms with E-state index in [4.69, 9.17) is 4.89 Å². The van der Waals surface area contributed by atoms with Crippen LogP contribution in [-0.4, -0.2) is 5.26 Å². The van der Waals surface area contributed by atoms with Crippen molar-refractivity contribution in [3.63, 3.8) is 0 Å². The van der Waals surface area contributed by atoms with E-state index in [1.165, 1.54) is 75.3 Å². The Morgan fingerprint density at radius 3 is 2.00 bits per heavy atom. The zero-order chi connectivity index (χ0) is 13.8. The zero-order valence-electron chi connectivity index (χ0n) is 12.3. The van der Waals surface area contributed by atoms with E-state index in [1.807, 2.05) is 12.1 Å². The van der Waals surface area contributed by atoms with Crippen LogP contribution in [0.1, 0.15) is 87.2 Å². The molecule has 2 aliphatic rings. The topological polar surface area (TPSA) is 29.5 Å². The van der Waals surface area contributed by atoms with Crippen molar-refractivity contribution in [2.75, 3.05) is 0 Å². The summed E-state index contributed by atoms with van der Waals surface area (Å²) in [6, 6.07) is 6.25. The van der Waals surface area contributed by atoms with Gasteiger partial charge in [-0.15, -0.1) is 0 Å². The number of hydrogen-bond acceptors (Lipinski definition) is 2. The Balaban J connectivity index is 1.94. The van der Waals surface area contributed by atoms with Crippen LogP contribution in [0.25, 0.3) is 0 Å². The number of benzene rings is 1. The highest BCUT2D eigenvalue weighted by atomic mass is 17.1. The first kappa shape index (κ1) is 13.9. The summed E-state index contributed by atoms with van der Waals surface area (Å²) in [5.41, 5.74) is 2.78. The summed E-state index contributed by atoms with van der Waals surface area (Å²) >= 11 is 0. The minimum absolute atomic E-state index is 0.587. The molecule has 3 rings (SSSR count). The largest absolute Gasteiger partial charge is 0.340 e. The predicted octanol–water partition coefficient (Wildman–Crippen LogP) is 5.63. The van der Waals surface area contributed by atoms with Gasteiger partial charge in [-0.25, -0.2) is 5.26 Å². The zero-order valence-corrected chi connectivity index (χ0v) is 12.3. The van der Waals surface area contributed by atoms with Crippen LogP contribution in [0.2, 0.25) is 0 Å². The van der Waals surface area contributed by atoms with E-state index in [0.717, 1.165) is 0 Å². The molecule has 1 aromatic rings. The smallest absolute Gasteiger partial charge is 0.168 e. The van der Waals surface area contributed by atoms with Gasteiger partial charge in [-0.2, -0.15) is 0 Å². The molecule has 0 unspecified atom stereocenters. The normalized spacial score (nSPS) is 21.9. The Hall–Kier alpha value is -1.02. The lowest BCUT2D eigenvalue weighted by Gasteiger charge is -2.30. The molecule has 2 fully saturated rings. The summed E-state index contributed by atoms with van der Waals surface area (Å²) in [4.78, 5) is 4.73. The van der Waals surface area contributed by atoms with Gasteiger partial charge in [0.2, 0.25) is 0 Å². The van der Waals surface area contributed by atoms with Crippen molar-refractivity contribution >= 4 is 0 Å². The summed E-state index contributed by atoms with van der Waals surface area (Å²) in [5.74, 6) is 1.97. The van der Waals surface area contributed by atoms with E-state index in [9.17, 15) is 5.26 Å². The monoisotopic (exact) mass is 274 g/mol. The van der Waals surface area contributed by atoms with Crippen molar-refractivity contribution in [2.24, 2.45) is 0 Å². The molecule has 0 radical (unpaired) electrons. The van der Waals surface area contributed by atoms with Crippen LogP contribution >= 0.6 is 0 Å². The van der Waals surface area contributed by atoms with Gasteiger partial charge in [0.05, 0.1) is 0 Å². The summed E-state index contributed by atoms with van der Waals surface area (Å²) in [7, 11) is 0. The highest BCUT2D eigenvalue weighted by Crippen LogP contribution is 2.44. The molecular weight excluding hydrogens is 248 g/mol. The van der Waals surface area contributed by atoms with Crippen LogP contribution in [0, 0.1) is 0 Å². The fourth-order valence-corrected chi connectivity index (χ4v) is 4.24. The Kier molecular flexibility index (Phi) is 4.62. The minimum Gasteiger partial charge on any atom is -0.340 e. The Morgan fingerprint density at radius 1 is 0.800 bits per heavy atom. The van der Waals surface area contributed by atoms with Gasteiger partial charge in [-0.1, -0.05) is 50.7 Å². The molecule has 1 aromatic carbocycles. The molecule has 0 spiro atoms. The van der Waals surface area contributed by atoms with Crippen LogP contribution in [0.15, 0.2) is 18.2 Å². The molecule has 0 heterocycles. The molecule has 2 aliphatic carbocycles. The van der Waals surface area contributed by atoms with Crippen LogP contribution < -0.4 is 4.89 Å². The molecule has 0 bridgehead atoms. The van der Waals surface area contributed by atoms with Crippen molar-refractivity contribution in [2.45, 2.75) is 76.0 Å². The molecular formula is C18H26O2. The number of rotatable bonds is 3. The van der Waals surface area contributed by atoms with Crippen molar-refractivity contribution in [3.8, 4) is 5.75 Å². The van der Waals surface area contributed by atoms with Gasteiger partial charge in [0.1, 0.15) is 0 Å². The summed E-state index contributed by atoms with van der Waals surface area (Å²) < 4.78 is 0. The van der Waals surface area contributed by atoms with Crippen LogP contribution in [-0.2, 0) is 0 Å². The van der Waals surface area contributed by atoms with Crippen molar-refractivity contribution in [1.29, 1.82) is 0 Å². The third kappa shape index (κ3) is 2.85. The molecule has 110 valence electrons. The van der Waals surface area contributed by atoms with E-state index in [-0.39, 0.29) is 0 Å². The maximum Gasteiger partial charge on any atom is 0.168 e. The molecule has 0 aliphatic heterocycles. The SMILES string of the molecule is OOc1cccc(C2CCCCC2)c1C1CCCCC1. The lowest BCUT2D eigenvalue weighted by Crippen LogP contribution is -2.13. The Bertz CT molecular complexity index is 429. The quantitative estimate of drug-likeness (QED) is 0.571. The molecule has 0 saturated heterocycles. The second-order valence-corrected chi connectivity index (χ2v) is 6.52. The average molecular weight is 274 g/mol. The van der Waals surface area contributed by atoms with Gasteiger partial charge in [-0.3, -0.25) is 0 Å². The molecule has 2 heteroatoms. The molecule has 2 nitrogen and oxygen atoms in total. The lowest BCUT2D eigenvalue weighted by molar-refractivity contribution is -0.138. The highest BCUT2D eigenvalue weighted by molar-refractivity contribution is 5.44. The van der Waals surface area contributed by atoms with Crippen LogP contribution in [0.4, 0.5) is 0 Å². The average Bonchev–Trinajstić information content (AvgIpc) is 2.55. The minimum atomic E-state index is 0.587. The maximum absolute atomic E-state index is 9.27. The summed E-state index contributed by atoms with van der Waals surface area (Å²) in [6.45, 7) is 0. The third-order valence-corrected chi connectivity index (χ3v) is 5.26. The fourth-order valence-electron chi connectivity index (χ4n) is 4.24. The van der Waals surface area contributed by atoms with Gasteiger partial charge in [0, 0.05) is 5.56 Å². The van der Waals surface area contributed by atoms with E-state index >= 15 is 0 Å². The van der Waals surface area contributed by atoms with Gasteiger partial charge >= 0.3 is 0 Å². The van der Waals surface area contributed by atoms with Crippen molar-refractivity contribution in [3.05, 3.63) is 29.3 Å². The van der Waals surface area contributed by atoms with Crippen LogP contribution in [0.3, 0.4) is 0 Å². The van der Waals surface area contributed by atoms with E-state index in [1.54, 1.807) is 0 Å². The molecule has 20 heavy (non-hydrogen) atoms. The van der Waals surface area contributed by atoms with Gasteiger partial charge < -0.3 is 4.89 Å². The lowest BCUT2D eigenvalue weighted by atomic mass is 9.75. The molecule has 1 N–H and O–H groups in total. The maximum atomic E-state index is 9.27. The van der Waals surface area contributed by atoms with Gasteiger partial charge in [-0.05, 0) is 49.1 Å².